The molecular formula is C13H26O4. The smallest absolute Gasteiger partial charge is 0.305 e. The molecule has 0 aliphatic carbocycles. The standard InChI is InChI=1S/C13H26O4/c1-4-5-9-17-13(14)7-6-8-15-10-11-16-12(2)3/h12H,4-11H2,1-3H3. The van der Waals surface area contributed by atoms with E-state index in [1.54, 1.807) is 0 Å². The lowest BCUT2D eigenvalue weighted by Crippen LogP contribution is -2.11. The molecule has 0 aliphatic heterocycles. The SMILES string of the molecule is CCCCOC(=O)CCCOCCOC(C)C. The number of carbonyl (C=O) groups is 1. The molecule has 0 saturated heterocycles. The average Bonchev–Trinajstić information content (AvgIpc) is 2.28. The highest BCUT2D eigenvalue weighted by Gasteiger charge is 2.01. The van der Waals surface area contributed by atoms with Gasteiger partial charge in [-0.15, -0.1) is 0 Å². The summed E-state index contributed by atoms with van der Waals surface area (Å²) in [5.74, 6) is -0.125. The zero-order valence-corrected chi connectivity index (χ0v) is 11.4. The summed E-state index contributed by atoms with van der Waals surface area (Å²) in [5.41, 5.74) is 0. The predicted molar refractivity (Wildman–Crippen MR) is 67.0 cm³/mol. The van der Waals surface area contributed by atoms with Crippen LogP contribution in [0.5, 0.6) is 0 Å². The molecule has 4 nitrogen and oxygen atoms in total. The van der Waals surface area contributed by atoms with Crippen molar-refractivity contribution in [3.63, 3.8) is 0 Å². The summed E-state index contributed by atoms with van der Waals surface area (Å²) < 4.78 is 15.7. The van der Waals surface area contributed by atoms with E-state index in [4.69, 9.17) is 14.2 Å². The fraction of sp³-hybridized carbons (Fsp3) is 0.923. The summed E-state index contributed by atoms with van der Waals surface area (Å²) in [7, 11) is 0. The minimum absolute atomic E-state index is 0.125. The lowest BCUT2D eigenvalue weighted by Gasteiger charge is -2.08. The van der Waals surface area contributed by atoms with Gasteiger partial charge in [0.15, 0.2) is 0 Å². The summed E-state index contributed by atoms with van der Waals surface area (Å²) in [6.07, 6.45) is 3.38. The number of esters is 1. The Kier molecular flexibility index (Phi) is 11.4. The lowest BCUT2D eigenvalue weighted by atomic mass is 10.3. The monoisotopic (exact) mass is 246 g/mol. The summed E-state index contributed by atoms with van der Waals surface area (Å²) >= 11 is 0. The Morgan fingerprint density at radius 1 is 1.06 bits per heavy atom. The van der Waals surface area contributed by atoms with Crippen LogP contribution in [0.15, 0.2) is 0 Å². The summed E-state index contributed by atoms with van der Waals surface area (Å²) in [5, 5.41) is 0. The maximum atomic E-state index is 11.2. The second-order valence-electron chi connectivity index (χ2n) is 4.21. The third-order valence-corrected chi connectivity index (χ3v) is 2.11. The Morgan fingerprint density at radius 2 is 1.82 bits per heavy atom. The van der Waals surface area contributed by atoms with Crippen LogP contribution in [-0.4, -0.2) is 38.5 Å². The van der Waals surface area contributed by atoms with Crippen LogP contribution in [-0.2, 0) is 19.0 Å². The van der Waals surface area contributed by atoms with Crippen molar-refractivity contribution in [3.05, 3.63) is 0 Å². The minimum Gasteiger partial charge on any atom is -0.466 e. The Hall–Kier alpha value is -0.610. The molecule has 0 amide bonds. The Bertz CT molecular complexity index is 180. The van der Waals surface area contributed by atoms with Gasteiger partial charge in [0.05, 0.1) is 25.9 Å². The van der Waals surface area contributed by atoms with Crippen molar-refractivity contribution < 1.29 is 19.0 Å². The quantitative estimate of drug-likeness (QED) is 0.415. The van der Waals surface area contributed by atoms with Gasteiger partial charge in [-0.05, 0) is 26.7 Å². The van der Waals surface area contributed by atoms with E-state index < -0.39 is 0 Å². The van der Waals surface area contributed by atoms with Gasteiger partial charge in [-0.3, -0.25) is 4.79 Å². The summed E-state index contributed by atoms with van der Waals surface area (Å²) in [4.78, 5) is 11.2. The van der Waals surface area contributed by atoms with Crippen LogP contribution in [0.1, 0.15) is 46.5 Å². The van der Waals surface area contributed by atoms with E-state index in [0.29, 0.717) is 39.3 Å². The van der Waals surface area contributed by atoms with Crippen LogP contribution in [0.3, 0.4) is 0 Å². The fourth-order valence-corrected chi connectivity index (χ4v) is 1.17. The number of hydrogen-bond acceptors (Lipinski definition) is 4. The van der Waals surface area contributed by atoms with Crippen molar-refractivity contribution in [1.82, 2.24) is 0 Å². The Balaban J connectivity index is 3.14. The van der Waals surface area contributed by atoms with Gasteiger partial charge in [0, 0.05) is 13.0 Å². The molecule has 0 rings (SSSR count). The highest BCUT2D eigenvalue weighted by Crippen LogP contribution is 1.96. The summed E-state index contributed by atoms with van der Waals surface area (Å²) in [6, 6.07) is 0. The molecule has 0 aromatic heterocycles. The third kappa shape index (κ3) is 13.3. The number of rotatable bonds is 11. The maximum Gasteiger partial charge on any atom is 0.305 e. The highest BCUT2D eigenvalue weighted by molar-refractivity contribution is 5.69. The van der Waals surface area contributed by atoms with Crippen molar-refractivity contribution in [2.75, 3.05) is 26.4 Å². The van der Waals surface area contributed by atoms with Crippen LogP contribution in [0.25, 0.3) is 0 Å². The predicted octanol–water partition coefficient (Wildman–Crippen LogP) is 2.55. The molecule has 0 saturated carbocycles. The van der Waals surface area contributed by atoms with E-state index >= 15 is 0 Å². The fourth-order valence-electron chi connectivity index (χ4n) is 1.17. The largest absolute Gasteiger partial charge is 0.466 e. The first-order valence-corrected chi connectivity index (χ1v) is 6.51. The number of hydrogen-bond donors (Lipinski definition) is 0. The normalized spacial score (nSPS) is 10.8. The zero-order chi connectivity index (χ0) is 12.9. The Labute approximate surface area is 105 Å². The molecule has 102 valence electrons. The molecule has 0 aromatic carbocycles. The topological polar surface area (TPSA) is 44.8 Å². The van der Waals surface area contributed by atoms with Crippen molar-refractivity contribution in [1.29, 1.82) is 0 Å². The molecule has 0 fully saturated rings. The van der Waals surface area contributed by atoms with E-state index in [1.165, 1.54) is 0 Å². The second-order valence-corrected chi connectivity index (χ2v) is 4.21. The van der Waals surface area contributed by atoms with E-state index in [2.05, 4.69) is 6.92 Å². The first kappa shape index (κ1) is 16.4. The molecule has 17 heavy (non-hydrogen) atoms. The molecular weight excluding hydrogens is 220 g/mol. The first-order valence-electron chi connectivity index (χ1n) is 6.51. The minimum atomic E-state index is -0.125. The Morgan fingerprint density at radius 3 is 2.47 bits per heavy atom. The highest BCUT2D eigenvalue weighted by atomic mass is 16.5. The van der Waals surface area contributed by atoms with Crippen LogP contribution in [0.4, 0.5) is 0 Å². The molecule has 0 atom stereocenters. The van der Waals surface area contributed by atoms with E-state index in [-0.39, 0.29) is 12.1 Å². The number of carbonyl (C=O) groups excluding carboxylic acids is 1. The van der Waals surface area contributed by atoms with Gasteiger partial charge in [-0.2, -0.15) is 0 Å². The van der Waals surface area contributed by atoms with Gasteiger partial charge in [0.1, 0.15) is 0 Å². The zero-order valence-electron chi connectivity index (χ0n) is 11.4. The third-order valence-electron chi connectivity index (χ3n) is 2.11. The van der Waals surface area contributed by atoms with E-state index in [1.807, 2.05) is 13.8 Å². The lowest BCUT2D eigenvalue weighted by molar-refractivity contribution is -0.144. The average molecular weight is 246 g/mol. The van der Waals surface area contributed by atoms with Gasteiger partial charge >= 0.3 is 5.97 Å². The molecule has 0 N–H and O–H groups in total. The molecule has 0 spiro atoms. The van der Waals surface area contributed by atoms with Crippen LogP contribution in [0, 0.1) is 0 Å². The van der Waals surface area contributed by atoms with Crippen LogP contribution in [0.2, 0.25) is 0 Å². The van der Waals surface area contributed by atoms with Crippen molar-refractivity contribution in [3.8, 4) is 0 Å². The first-order chi connectivity index (χ1) is 8.16. The van der Waals surface area contributed by atoms with Gasteiger partial charge in [0.25, 0.3) is 0 Å². The van der Waals surface area contributed by atoms with Crippen LogP contribution < -0.4 is 0 Å². The number of unbranched alkanes of at least 4 members (excludes halogenated alkanes) is 1. The maximum absolute atomic E-state index is 11.2. The molecule has 0 aromatic rings. The molecule has 0 bridgehead atoms. The molecule has 4 heteroatoms. The molecule has 0 heterocycles. The molecule has 0 unspecified atom stereocenters. The van der Waals surface area contributed by atoms with E-state index in [9.17, 15) is 4.79 Å². The molecule has 0 radical (unpaired) electrons. The second kappa shape index (κ2) is 11.9. The summed E-state index contributed by atoms with van der Waals surface area (Å²) in [6.45, 7) is 8.38. The van der Waals surface area contributed by atoms with E-state index in [0.717, 1.165) is 12.8 Å². The van der Waals surface area contributed by atoms with Gasteiger partial charge in [-0.1, -0.05) is 13.3 Å². The van der Waals surface area contributed by atoms with Crippen molar-refractivity contribution in [2.45, 2.75) is 52.6 Å². The van der Waals surface area contributed by atoms with Crippen molar-refractivity contribution >= 4 is 5.97 Å². The van der Waals surface area contributed by atoms with Crippen LogP contribution >= 0.6 is 0 Å². The number of ether oxygens (including phenoxy) is 3. The van der Waals surface area contributed by atoms with Gasteiger partial charge in [0.2, 0.25) is 0 Å². The van der Waals surface area contributed by atoms with Crippen molar-refractivity contribution in [2.24, 2.45) is 0 Å². The van der Waals surface area contributed by atoms with Gasteiger partial charge < -0.3 is 14.2 Å². The molecule has 0 aliphatic rings. The van der Waals surface area contributed by atoms with Gasteiger partial charge in [-0.25, -0.2) is 0 Å².